The Labute approximate surface area is 113 Å². The molecule has 0 bridgehead atoms. The number of methoxy groups -OCH3 is 1. The summed E-state index contributed by atoms with van der Waals surface area (Å²) in [7, 11) is 1.75. The molecule has 0 saturated carbocycles. The highest BCUT2D eigenvalue weighted by molar-refractivity contribution is 4.83. The lowest BCUT2D eigenvalue weighted by atomic mass is 9.75. The van der Waals surface area contributed by atoms with Crippen LogP contribution in [0.4, 0.5) is 0 Å². The standard InChI is InChI=1S/C15H32N2O/c1-13(12-16-8-11-18-5)17-9-6-14(7-10-17)15(2,3)4/h13-14,16H,6-12H2,1-5H3. The van der Waals surface area contributed by atoms with E-state index in [0.29, 0.717) is 11.5 Å². The van der Waals surface area contributed by atoms with E-state index in [4.69, 9.17) is 4.74 Å². The highest BCUT2D eigenvalue weighted by Crippen LogP contribution is 2.34. The Bertz CT molecular complexity index is 217. The lowest BCUT2D eigenvalue weighted by Gasteiger charge is -2.41. The van der Waals surface area contributed by atoms with Crippen LogP contribution in [0.5, 0.6) is 0 Å². The molecule has 0 aliphatic carbocycles. The van der Waals surface area contributed by atoms with Gasteiger partial charge in [-0.15, -0.1) is 0 Å². The number of ether oxygens (including phenoxy) is 1. The molecule has 3 heteroatoms. The van der Waals surface area contributed by atoms with Gasteiger partial charge >= 0.3 is 0 Å². The number of hydrogen-bond donors (Lipinski definition) is 1. The van der Waals surface area contributed by atoms with E-state index in [0.717, 1.165) is 25.6 Å². The van der Waals surface area contributed by atoms with E-state index >= 15 is 0 Å². The Morgan fingerprint density at radius 1 is 1.28 bits per heavy atom. The largest absolute Gasteiger partial charge is 0.383 e. The quantitative estimate of drug-likeness (QED) is 0.738. The normalized spacial score (nSPS) is 21.2. The van der Waals surface area contributed by atoms with Gasteiger partial charge in [-0.3, -0.25) is 4.90 Å². The van der Waals surface area contributed by atoms with E-state index in [1.807, 2.05) is 0 Å². The van der Waals surface area contributed by atoms with Crippen LogP contribution in [0.3, 0.4) is 0 Å². The number of piperidine rings is 1. The molecule has 0 spiro atoms. The molecule has 18 heavy (non-hydrogen) atoms. The molecule has 1 heterocycles. The third-order valence-electron chi connectivity index (χ3n) is 4.30. The fourth-order valence-corrected chi connectivity index (χ4v) is 2.82. The first-order valence-electron chi connectivity index (χ1n) is 7.39. The van der Waals surface area contributed by atoms with Gasteiger partial charge in [0.2, 0.25) is 0 Å². The number of nitrogens with one attached hydrogen (secondary N) is 1. The summed E-state index contributed by atoms with van der Waals surface area (Å²) in [6.45, 7) is 14.8. The van der Waals surface area contributed by atoms with Crippen molar-refractivity contribution in [3.8, 4) is 0 Å². The third kappa shape index (κ3) is 5.25. The van der Waals surface area contributed by atoms with Gasteiger partial charge < -0.3 is 10.1 Å². The summed E-state index contributed by atoms with van der Waals surface area (Å²) in [5, 5.41) is 3.46. The van der Waals surface area contributed by atoms with E-state index in [1.54, 1.807) is 7.11 Å². The Morgan fingerprint density at radius 3 is 2.39 bits per heavy atom. The summed E-state index contributed by atoms with van der Waals surface area (Å²) in [5.41, 5.74) is 0.478. The first kappa shape index (κ1) is 15.9. The first-order chi connectivity index (χ1) is 8.45. The molecule has 0 aromatic carbocycles. The maximum absolute atomic E-state index is 5.04. The SMILES string of the molecule is COCCNCC(C)N1CCC(C(C)(C)C)CC1. The molecule has 1 saturated heterocycles. The highest BCUT2D eigenvalue weighted by atomic mass is 16.5. The average molecular weight is 256 g/mol. The van der Waals surface area contributed by atoms with Crippen LogP contribution in [0.1, 0.15) is 40.5 Å². The molecule has 1 aliphatic rings. The molecular formula is C15H32N2O. The van der Waals surface area contributed by atoms with Gasteiger partial charge in [-0.25, -0.2) is 0 Å². The molecule has 1 aliphatic heterocycles. The van der Waals surface area contributed by atoms with Crippen LogP contribution >= 0.6 is 0 Å². The van der Waals surface area contributed by atoms with E-state index in [2.05, 4.69) is 37.9 Å². The summed E-state index contributed by atoms with van der Waals surface area (Å²) in [5.74, 6) is 0.891. The fraction of sp³-hybridized carbons (Fsp3) is 1.00. The van der Waals surface area contributed by atoms with Crippen molar-refractivity contribution in [3.63, 3.8) is 0 Å². The second-order valence-electron chi connectivity index (χ2n) is 6.72. The molecule has 1 N–H and O–H groups in total. The molecule has 1 unspecified atom stereocenters. The van der Waals surface area contributed by atoms with Gasteiger partial charge in [-0.1, -0.05) is 20.8 Å². The van der Waals surface area contributed by atoms with Crippen molar-refractivity contribution in [2.75, 3.05) is 39.9 Å². The zero-order chi connectivity index (χ0) is 13.6. The minimum Gasteiger partial charge on any atom is -0.383 e. The number of rotatable bonds is 6. The second-order valence-corrected chi connectivity index (χ2v) is 6.72. The van der Waals surface area contributed by atoms with E-state index in [9.17, 15) is 0 Å². The minimum absolute atomic E-state index is 0.478. The van der Waals surface area contributed by atoms with Crippen molar-refractivity contribution in [2.24, 2.45) is 11.3 Å². The smallest absolute Gasteiger partial charge is 0.0587 e. The van der Waals surface area contributed by atoms with Crippen molar-refractivity contribution >= 4 is 0 Å². The summed E-state index contributed by atoms with van der Waals surface area (Å²) >= 11 is 0. The summed E-state index contributed by atoms with van der Waals surface area (Å²) in [6.07, 6.45) is 2.71. The minimum atomic E-state index is 0.478. The first-order valence-corrected chi connectivity index (χ1v) is 7.39. The number of hydrogen-bond acceptors (Lipinski definition) is 3. The van der Waals surface area contributed by atoms with Gasteiger partial charge in [0, 0.05) is 26.2 Å². The van der Waals surface area contributed by atoms with Crippen LogP contribution in [0.25, 0.3) is 0 Å². The Balaban J connectivity index is 2.21. The molecule has 1 atom stereocenters. The topological polar surface area (TPSA) is 24.5 Å². The van der Waals surface area contributed by atoms with Gasteiger partial charge in [0.15, 0.2) is 0 Å². The zero-order valence-electron chi connectivity index (χ0n) is 13.0. The molecule has 0 aromatic rings. The number of likely N-dealkylation sites (tertiary alicyclic amines) is 1. The van der Waals surface area contributed by atoms with E-state index in [1.165, 1.54) is 25.9 Å². The predicted octanol–water partition coefficient (Wildman–Crippen LogP) is 2.37. The van der Waals surface area contributed by atoms with Crippen LogP contribution in [0.15, 0.2) is 0 Å². The summed E-state index contributed by atoms with van der Waals surface area (Å²) in [4.78, 5) is 2.63. The Morgan fingerprint density at radius 2 is 1.89 bits per heavy atom. The second kappa shape index (κ2) is 7.46. The van der Waals surface area contributed by atoms with E-state index in [-0.39, 0.29) is 0 Å². The van der Waals surface area contributed by atoms with Crippen LogP contribution in [0.2, 0.25) is 0 Å². The molecule has 1 rings (SSSR count). The molecule has 1 fully saturated rings. The Kier molecular flexibility index (Phi) is 6.61. The predicted molar refractivity (Wildman–Crippen MR) is 78.0 cm³/mol. The molecular weight excluding hydrogens is 224 g/mol. The van der Waals surface area contributed by atoms with Crippen molar-refractivity contribution in [1.29, 1.82) is 0 Å². The van der Waals surface area contributed by atoms with Crippen LogP contribution in [-0.2, 0) is 4.74 Å². The zero-order valence-corrected chi connectivity index (χ0v) is 13.0. The van der Waals surface area contributed by atoms with Gasteiger partial charge in [-0.2, -0.15) is 0 Å². The van der Waals surface area contributed by atoms with Gasteiger partial charge in [0.1, 0.15) is 0 Å². The van der Waals surface area contributed by atoms with Crippen molar-refractivity contribution < 1.29 is 4.74 Å². The monoisotopic (exact) mass is 256 g/mol. The van der Waals surface area contributed by atoms with Crippen LogP contribution < -0.4 is 5.32 Å². The van der Waals surface area contributed by atoms with Gasteiger partial charge in [0.05, 0.1) is 6.61 Å². The fourth-order valence-electron chi connectivity index (χ4n) is 2.82. The summed E-state index contributed by atoms with van der Waals surface area (Å²) in [6, 6.07) is 0.641. The maximum atomic E-state index is 5.04. The molecule has 0 radical (unpaired) electrons. The van der Waals surface area contributed by atoms with Gasteiger partial charge in [-0.05, 0) is 44.2 Å². The summed E-state index contributed by atoms with van der Waals surface area (Å²) < 4.78 is 5.04. The lowest BCUT2D eigenvalue weighted by molar-refractivity contribution is 0.0866. The molecule has 108 valence electrons. The Hall–Kier alpha value is -0.120. The van der Waals surface area contributed by atoms with E-state index < -0.39 is 0 Å². The average Bonchev–Trinajstić information content (AvgIpc) is 2.33. The van der Waals surface area contributed by atoms with Crippen molar-refractivity contribution in [1.82, 2.24) is 10.2 Å². The molecule has 3 nitrogen and oxygen atoms in total. The maximum Gasteiger partial charge on any atom is 0.0587 e. The highest BCUT2D eigenvalue weighted by Gasteiger charge is 2.29. The van der Waals surface area contributed by atoms with Crippen LogP contribution in [0, 0.1) is 11.3 Å². The number of nitrogens with zero attached hydrogens (tertiary/aromatic N) is 1. The molecule has 0 aromatic heterocycles. The molecule has 0 amide bonds. The van der Waals surface area contributed by atoms with Gasteiger partial charge in [0.25, 0.3) is 0 Å². The lowest BCUT2D eigenvalue weighted by Crippen LogP contribution is -2.46. The van der Waals surface area contributed by atoms with Crippen molar-refractivity contribution in [2.45, 2.75) is 46.6 Å². The van der Waals surface area contributed by atoms with Crippen LogP contribution in [-0.4, -0.2) is 50.8 Å². The van der Waals surface area contributed by atoms with Crippen molar-refractivity contribution in [3.05, 3.63) is 0 Å². The third-order valence-corrected chi connectivity index (χ3v) is 4.30.